The van der Waals surface area contributed by atoms with Crippen LogP contribution in [0.4, 0.5) is 0 Å². The van der Waals surface area contributed by atoms with Gasteiger partial charge in [0, 0.05) is 31.1 Å². The third-order valence-electron chi connectivity index (χ3n) is 2.31. The summed E-state index contributed by atoms with van der Waals surface area (Å²) in [6, 6.07) is 6.39. The quantitative estimate of drug-likeness (QED) is 0.191. The molecule has 0 radical (unpaired) electrons. The fraction of sp³-hybridized carbons (Fsp3) is 0.250. The first-order valence-corrected chi connectivity index (χ1v) is 5.65. The van der Waals surface area contributed by atoms with Crippen LogP contribution in [0.1, 0.15) is 22.8 Å². The molecule has 0 spiro atoms. The molecule has 0 fully saturated rings. The van der Waals surface area contributed by atoms with E-state index in [2.05, 4.69) is 15.8 Å². The number of benzene rings is 1. The second-order valence-electron chi connectivity index (χ2n) is 3.80. The molecule has 0 heterocycles. The summed E-state index contributed by atoms with van der Waals surface area (Å²) in [7, 11) is 0. The number of carbonyl (C=O) groups is 2. The molecule has 19 heavy (non-hydrogen) atoms. The minimum absolute atomic E-state index is 0.0621. The maximum atomic E-state index is 11.8. The van der Waals surface area contributed by atoms with Crippen LogP contribution >= 0.6 is 0 Å². The average molecular weight is 264 g/mol. The summed E-state index contributed by atoms with van der Waals surface area (Å²) in [4.78, 5) is 22.4. The number of amidine groups is 1. The number of hydrogen-bond donors (Lipinski definition) is 4. The minimum atomic E-state index is -0.294. The predicted octanol–water partition coefficient (Wildman–Crippen LogP) is -0.353. The summed E-state index contributed by atoms with van der Waals surface area (Å²) in [6.07, 6.45) is 0. The van der Waals surface area contributed by atoms with Crippen molar-refractivity contribution in [2.75, 3.05) is 13.1 Å². The van der Waals surface area contributed by atoms with Crippen LogP contribution in [0.3, 0.4) is 0 Å². The molecule has 1 aromatic carbocycles. The molecule has 2 amide bonds. The lowest BCUT2D eigenvalue weighted by Crippen LogP contribution is -2.33. The molecular weight excluding hydrogens is 248 g/mol. The maximum absolute atomic E-state index is 11.8. The third-order valence-corrected chi connectivity index (χ3v) is 2.31. The van der Waals surface area contributed by atoms with E-state index in [1.165, 1.54) is 13.0 Å². The van der Waals surface area contributed by atoms with Gasteiger partial charge < -0.3 is 21.6 Å². The molecule has 0 atom stereocenters. The van der Waals surface area contributed by atoms with Crippen molar-refractivity contribution in [1.29, 1.82) is 0 Å². The molecule has 0 unspecified atom stereocenters. The molecular formula is C12H16N4O3. The van der Waals surface area contributed by atoms with Gasteiger partial charge in [0.1, 0.15) is 0 Å². The first kappa shape index (κ1) is 14.5. The van der Waals surface area contributed by atoms with Crippen molar-refractivity contribution in [3.05, 3.63) is 35.4 Å². The van der Waals surface area contributed by atoms with Gasteiger partial charge in [0.2, 0.25) is 5.91 Å². The van der Waals surface area contributed by atoms with Gasteiger partial charge in [-0.3, -0.25) is 9.59 Å². The van der Waals surface area contributed by atoms with Gasteiger partial charge in [-0.15, -0.1) is 0 Å². The molecule has 0 saturated carbocycles. The Morgan fingerprint density at radius 2 is 1.89 bits per heavy atom. The van der Waals surface area contributed by atoms with Crippen molar-refractivity contribution in [1.82, 2.24) is 10.6 Å². The highest BCUT2D eigenvalue weighted by Gasteiger charge is 2.07. The van der Waals surface area contributed by atoms with E-state index in [9.17, 15) is 9.59 Å². The third kappa shape index (κ3) is 4.66. The van der Waals surface area contributed by atoms with Gasteiger partial charge in [-0.25, -0.2) is 0 Å². The standard InChI is InChI=1S/C12H16N4O3/c1-8(17)14-5-6-15-12(18)10-4-2-3-9(7-10)11(13)16-19/h2-4,7,19H,5-6H2,1H3,(H2,13,16)(H,14,17)(H,15,18). The minimum Gasteiger partial charge on any atom is -0.409 e. The Balaban J connectivity index is 2.60. The molecule has 0 saturated heterocycles. The zero-order valence-electron chi connectivity index (χ0n) is 10.5. The summed E-state index contributed by atoms with van der Waals surface area (Å²) in [6.45, 7) is 2.09. The van der Waals surface area contributed by atoms with Crippen LogP contribution in [-0.2, 0) is 4.79 Å². The molecule has 0 aliphatic rings. The van der Waals surface area contributed by atoms with Gasteiger partial charge in [-0.1, -0.05) is 17.3 Å². The molecule has 5 N–H and O–H groups in total. The van der Waals surface area contributed by atoms with Gasteiger partial charge in [0.05, 0.1) is 0 Å². The topological polar surface area (TPSA) is 117 Å². The van der Waals surface area contributed by atoms with Gasteiger partial charge in [0.25, 0.3) is 5.91 Å². The lowest BCUT2D eigenvalue weighted by Gasteiger charge is -2.07. The second kappa shape index (κ2) is 7.00. The van der Waals surface area contributed by atoms with Gasteiger partial charge in [-0.05, 0) is 12.1 Å². The SMILES string of the molecule is CC(=O)NCCNC(=O)c1cccc(/C(N)=N/O)c1. The van der Waals surface area contributed by atoms with E-state index < -0.39 is 0 Å². The molecule has 0 bridgehead atoms. The number of oxime groups is 1. The van der Waals surface area contributed by atoms with E-state index in [-0.39, 0.29) is 17.6 Å². The second-order valence-corrected chi connectivity index (χ2v) is 3.80. The van der Waals surface area contributed by atoms with E-state index in [0.717, 1.165) is 0 Å². The van der Waals surface area contributed by atoms with E-state index in [0.29, 0.717) is 24.2 Å². The Morgan fingerprint density at radius 3 is 2.53 bits per heavy atom. The number of rotatable bonds is 5. The maximum Gasteiger partial charge on any atom is 0.251 e. The van der Waals surface area contributed by atoms with Crippen molar-refractivity contribution in [3.63, 3.8) is 0 Å². The van der Waals surface area contributed by atoms with Crippen LogP contribution in [0.15, 0.2) is 29.4 Å². The molecule has 7 heteroatoms. The molecule has 1 rings (SSSR count). The van der Waals surface area contributed by atoms with E-state index >= 15 is 0 Å². The lowest BCUT2D eigenvalue weighted by molar-refractivity contribution is -0.118. The van der Waals surface area contributed by atoms with Crippen LogP contribution in [0.2, 0.25) is 0 Å². The lowest BCUT2D eigenvalue weighted by atomic mass is 10.1. The van der Waals surface area contributed by atoms with Crippen molar-refractivity contribution < 1.29 is 14.8 Å². The molecule has 0 aliphatic carbocycles. The highest BCUT2D eigenvalue weighted by Crippen LogP contribution is 2.04. The number of carbonyl (C=O) groups excluding carboxylic acids is 2. The number of amides is 2. The largest absolute Gasteiger partial charge is 0.409 e. The summed E-state index contributed by atoms with van der Waals surface area (Å²) >= 11 is 0. The first-order chi connectivity index (χ1) is 9.04. The van der Waals surface area contributed by atoms with Crippen molar-refractivity contribution >= 4 is 17.6 Å². The van der Waals surface area contributed by atoms with Crippen molar-refractivity contribution in [2.45, 2.75) is 6.92 Å². The molecule has 7 nitrogen and oxygen atoms in total. The van der Waals surface area contributed by atoms with E-state index in [1.54, 1.807) is 18.2 Å². The monoisotopic (exact) mass is 264 g/mol. The number of nitrogens with one attached hydrogen (secondary N) is 2. The normalized spacial score (nSPS) is 10.9. The summed E-state index contributed by atoms with van der Waals surface area (Å²) < 4.78 is 0. The Hall–Kier alpha value is -2.57. The average Bonchev–Trinajstić information content (AvgIpc) is 2.42. The zero-order valence-corrected chi connectivity index (χ0v) is 10.5. The van der Waals surface area contributed by atoms with Gasteiger partial charge >= 0.3 is 0 Å². The summed E-state index contributed by atoms with van der Waals surface area (Å²) in [5, 5.41) is 16.6. The summed E-state index contributed by atoms with van der Waals surface area (Å²) in [5.41, 5.74) is 6.29. The molecule has 0 aliphatic heterocycles. The van der Waals surface area contributed by atoms with Crippen LogP contribution in [0.5, 0.6) is 0 Å². The van der Waals surface area contributed by atoms with E-state index in [1.807, 2.05) is 0 Å². The first-order valence-electron chi connectivity index (χ1n) is 5.65. The van der Waals surface area contributed by atoms with E-state index in [4.69, 9.17) is 10.9 Å². The smallest absolute Gasteiger partial charge is 0.251 e. The van der Waals surface area contributed by atoms with Crippen molar-refractivity contribution in [2.24, 2.45) is 10.9 Å². The highest BCUT2D eigenvalue weighted by molar-refractivity contribution is 6.01. The molecule has 102 valence electrons. The van der Waals surface area contributed by atoms with Crippen LogP contribution in [-0.4, -0.2) is 35.9 Å². The molecule has 1 aromatic rings. The predicted molar refractivity (Wildman–Crippen MR) is 70.0 cm³/mol. The zero-order chi connectivity index (χ0) is 14.3. The van der Waals surface area contributed by atoms with Crippen LogP contribution < -0.4 is 16.4 Å². The summed E-state index contributed by atoms with van der Waals surface area (Å²) in [5.74, 6) is -0.506. The number of hydrogen-bond acceptors (Lipinski definition) is 4. The van der Waals surface area contributed by atoms with Crippen molar-refractivity contribution in [3.8, 4) is 0 Å². The molecule has 0 aromatic heterocycles. The Labute approximate surface area is 110 Å². The van der Waals surface area contributed by atoms with Gasteiger partial charge in [-0.2, -0.15) is 0 Å². The Bertz CT molecular complexity index is 500. The number of nitrogens with zero attached hydrogens (tertiary/aromatic N) is 1. The van der Waals surface area contributed by atoms with Crippen LogP contribution in [0.25, 0.3) is 0 Å². The van der Waals surface area contributed by atoms with Crippen LogP contribution in [0, 0.1) is 0 Å². The Kier molecular flexibility index (Phi) is 5.34. The fourth-order valence-corrected chi connectivity index (χ4v) is 1.39. The Morgan fingerprint density at radius 1 is 1.26 bits per heavy atom. The van der Waals surface area contributed by atoms with Gasteiger partial charge in [0.15, 0.2) is 5.84 Å². The number of nitrogens with two attached hydrogens (primary N) is 1. The highest BCUT2D eigenvalue weighted by atomic mass is 16.4. The fourth-order valence-electron chi connectivity index (χ4n) is 1.39.